The Labute approximate surface area is 247 Å². The van der Waals surface area contributed by atoms with Crippen LogP contribution >= 0.6 is 0 Å². The third-order valence-corrected chi connectivity index (χ3v) is 11.2. The molecule has 0 aliphatic rings. The molecule has 41 heavy (non-hydrogen) atoms. The Morgan fingerprint density at radius 1 is 1.00 bits per heavy atom. The van der Waals surface area contributed by atoms with Crippen molar-refractivity contribution in [2.45, 2.75) is 91.1 Å². The van der Waals surface area contributed by atoms with E-state index in [1.807, 2.05) is 13.8 Å². The van der Waals surface area contributed by atoms with E-state index in [1.165, 1.54) is 6.08 Å². The van der Waals surface area contributed by atoms with Crippen molar-refractivity contribution < 1.29 is 37.7 Å². The highest BCUT2D eigenvalue weighted by Gasteiger charge is 2.38. The van der Waals surface area contributed by atoms with Gasteiger partial charge in [0.1, 0.15) is 23.2 Å². The Morgan fingerprint density at radius 2 is 1.63 bits per heavy atom. The van der Waals surface area contributed by atoms with Crippen molar-refractivity contribution in [3.8, 4) is 11.5 Å². The van der Waals surface area contributed by atoms with Crippen molar-refractivity contribution in [1.82, 2.24) is 0 Å². The number of allylic oxidation sites excluding steroid dienone is 1. The molecule has 0 saturated heterocycles. The summed E-state index contributed by atoms with van der Waals surface area (Å²) < 4.78 is 34.2. The van der Waals surface area contributed by atoms with Crippen LogP contribution in [0.15, 0.2) is 49.6 Å². The number of hydrogen-bond acceptors (Lipinski definition) is 8. The monoisotopic (exact) mass is 590 g/mol. The molecule has 0 N–H and O–H groups in total. The maximum atomic E-state index is 13.3. The maximum Gasteiger partial charge on any atom is 0.342 e. The van der Waals surface area contributed by atoms with Gasteiger partial charge in [0.15, 0.2) is 27.7 Å². The molecule has 8 nitrogen and oxygen atoms in total. The summed E-state index contributed by atoms with van der Waals surface area (Å²) in [5.74, 6) is -0.221. The molecule has 0 aromatic heterocycles. The second-order valence-electron chi connectivity index (χ2n) is 11.1. The summed E-state index contributed by atoms with van der Waals surface area (Å²) in [4.78, 5) is 26.4. The molecule has 0 spiro atoms. The van der Waals surface area contributed by atoms with Crippen LogP contribution in [0.5, 0.6) is 11.5 Å². The predicted octanol–water partition coefficient (Wildman–Crippen LogP) is 7.19. The standard InChI is InChI=1S/C32H50O8Si/c1-11-16-24(5)39-31(34)30-25(20-28(37-22-35-13-3)21-29(30)38-23-36-14-4)19-26(33)17-15-18-27(12-2)40-41(9,10)32(6,7)8/h11-12,15,17,20-21,24,27H,1-2,13-14,16,18-19,22-23H2,3-10H3/b17-15-/t24-,27+/m1/s1. The molecule has 1 rings (SSSR count). The van der Waals surface area contributed by atoms with Gasteiger partial charge in [0.2, 0.25) is 0 Å². The molecule has 1 aromatic rings. The largest absolute Gasteiger partial charge is 0.467 e. The van der Waals surface area contributed by atoms with Crippen LogP contribution in [-0.2, 0) is 29.9 Å². The smallest absolute Gasteiger partial charge is 0.342 e. The second-order valence-corrected chi connectivity index (χ2v) is 15.9. The zero-order valence-corrected chi connectivity index (χ0v) is 27.2. The van der Waals surface area contributed by atoms with Crippen molar-refractivity contribution in [2.75, 3.05) is 26.8 Å². The van der Waals surface area contributed by atoms with Crippen molar-refractivity contribution in [3.05, 3.63) is 60.7 Å². The number of carbonyl (C=O) groups excluding carboxylic acids is 2. The molecular weight excluding hydrogens is 540 g/mol. The fourth-order valence-electron chi connectivity index (χ4n) is 3.45. The van der Waals surface area contributed by atoms with Gasteiger partial charge < -0.3 is 28.1 Å². The zero-order valence-electron chi connectivity index (χ0n) is 26.2. The summed E-state index contributed by atoms with van der Waals surface area (Å²) in [6, 6.07) is 3.21. The molecule has 0 saturated carbocycles. The summed E-state index contributed by atoms with van der Waals surface area (Å²) in [5.41, 5.74) is 0.560. The third kappa shape index (κ3) is 12.8. The Morgan fingerprint density at radius 3 is 2.20 bits per heavy atom. The number of rotatable bonds is 20. The number of ketones is 1. The van der Waals surface area contributed by atoms with E-state index in [0.717, 1.165) is 0 Å². The molecule has 0 fully saturated rings. The lowest BCUT2D eigenvalue weighted by atomic mass is 10.00. The molecule has 0 bridgehead atoms. The molecule has 0 radical (unpaired) electrons. The Bertz CT molecular complexity index is 1030. The molecule has 9 heteroatoms. The van der Waals surface area contributed by atoms with E-state index in [1.54, 1.807) is 37.3 Å². The van der Waals surface area contributed by atoms with Crippen LogP contribution in [0.3, 0.4) is 0 Å². The van der Waals surface area contributed by atoms with Gasteiger partial charge in [0.05, 0.1) is 6.10 Å². The molecule has 0 aliphatic carbocycles. The van der Waals surface area contributed by atoms with Crippen LogP contribution in [0, 0.1) is 0 Å². The highest BCUT2D eigenvalue weighted by atomic mass is 28.4. The van der Waals surface area contributed by atoms with Crippen molar-refractivity contribution in [3.63, 3.8) is 0 Å². The van der Waals surface area contributed by atoms with Gasteiger partial charge in [0, 0.05) is 32.1 Å². The van der Waals surface area contributed by atoms with Crippen LogP contribution in [0.2, 0.25) is 18.1 Å². The Balaban J connectivity index is 3.29. The van der Waals surface area contributed by atoms with Crippen molar-refractivity contribution in [1.29, 1.82) is 0 Å². The number of esters is 1. The fourth-order valence-corrected chi connectivity index (χ4v) is 4.75. The molecule has 1 aromatic carbocycles. The van der Waals surface area contributed by atoms with E-state index in [-0.39, 0.29) is 48.2 Å². The lowest BCUT2D eigenvalue weighted by Crippen LogP contribution is -2.43. The Kier molecular flexibility index (Phi) is 15.9. The van der Waals surface area contributed by atoms with E-state index in [4.69, 9.17) is 28.1 Å². The van der Waals surface area contributed by atoms with Crippen molar-refractivity contribution >= 4 is 20.1 Å². The summed E-state index contributed by atoms with van der Waals surface area (Å²) in [6.07, 6.45) is 7.05. The summed E-state index contributed by atoms with van der Waals surface area (Å²) in [5, 5.41) is 0.0547. The molecule has 0 aliphatic heterocycles. The minimum absolute atomic E-state index is 0.00597. The molecule has 230 valence electrons. The van der Waals surface area contributed by atoms with Gasteiger partial charge in [-0.05, 0) is 63.0 Å². The van der Waals surface area contributed by atoms with Gasteiger partial charge in [-0.2, -0.15) is 0 Å². The number of hydrogen-bond donors (Lipinski definition) is 0. The molecule has 0 amide bonds. The van der Waals surface area contributed by atoms with E-state index in [9.17, 15) is 9.59 Å². The van der Waals surface area contributed by atoms with E-state index in [2.05, 4.69) is 47.0 Å². The Hall–Kier alpha value is -2.72. The number of carbonyl (C=O) groups is 2. The minimum Gasteiger partial charge on any atom is -0.467 e. The molecule has 2 atom stereocenters. The first kappa shape index (κ1) is 36.3. The third-order valence-electron chi connectivity index (χ3n) is 6.74. The molecular formula is C32H50O8Si. The molecule has 0 unspecified atom stereocenters. The zero-order chi connectivity index (χ0) is 31.1. The quantitative estimate of drug-likeness (QED) is 0.0394. The molecule has 0 heterocycles. The lowest BCUT2D eigenvalue weighted by Gasteiger charge is -2.38. The average molecular weight is 591 g/mol. The van der Waals surface area contributed by atoms with Crippen LogP contribution in [-0.4, -0.2) is 59.1 Å². The van der Waals surface area contributed by atoms with Gasteiger partial charge in [-0.25, -0.2) is 4.79 Å². The highest BCUT2D eigenvalue weighted by molar-refractivity contribution is 6.74. The number of ether oxygens (including phenoxy) is 5. The van der Waals surface area contributed by atoms with Crippen LogP contribution in [0.4, 0.5) is 0 Å². The van der Waals surface area contributed by atoms with Gasteiger partial charge >= 0.3 is 5.97 Å². The predicted molar refractivity (Wildman–Crippen MR) is 165 cm³/mol. The number of benzene rings is 1. The topological polar surface area (TPSA) is 89.5 Å². The van der Waals surface area contributed by atoms with E-state index >= 15 is 0 Å². The first-order chi connectivity index (χ1) is 19.3. The summed E-state index contributed by atoms with van der Waals surface area (Å²) >= 11 is 0. The highest BCUT2D eigenvalue weighted by Crippen LogP contribution is 2.38. The van der Waals surface area contributed by atoms with Gasteiger partial charge in [-0.15, -0.1) is 13.2 Å². The van der Waals surface area contributed by atoms with Gasteiger partial charge in [0.25, 0.3) is 0 Å². The van der Waals surface area contributed by atoms with Gasteiger partial charge in [-0.3, -0.25) is 4.79 Å². The van der Waals surface area contributed by atoms with Gasteiger partial charge in [-0.1, -0.05) is 39.0 Å². The summed E-state index contributed by atoms with van der Waals surface area (Å²) in [6.45, 7) is 24.8. The fraction of sp³-hybridized carbons (Fsp3) is 0.562. The van der Waals surface area contributed by atoms with Crippen LogP contribution in [0.25, 0.3) is 0 Å². The first-order valence-corrected chi connectivity index (χ1v) is 17.1. The first-order valence-electron chi connectivity index (χ1n) is 14.2. The average Bonchev–Trinajstić information content (AvgIpc) is 2.87. The second kappa shape index (κ2) is 18.0. The SMILES string of the molecule is C=CC[C@@H](C)OC(=O)c1c(CC(=O)/C=C\C[C@H](C=C)O[Si](C)(C)C(C)(C)C)cc(OCOCC)cc1OCOCC. The lowest BCUT2D eigenvalue weighted by molar-refractivity contribution is -0.114. The van der Waals surface area contributed by atoms with Crippen LogP contribution < -0.4 is 9.47 Å². The minimum atomic E-state index is -2.00. The van der Waals surface area contributed by atoms with E-state index in [0.29, 0.717) is 37.4 Å². The van der Waals surface area contributed by atoms with E-state index < -0.39 is 20.4 Å². The summed E-state index contributed by atoms with van der Waals surface area (Å²) in [7, 11) is -2.00. The van der Waals surface area contributed by atoms with Crippen molar-refractivity contribution in [2.24, 2.45) is 0 Å². The van der Waals surface area contributed by atoms with Crippen LogP contribution in [0.1, 0.15) is 70.3 Å². The normalized spacial score (nSPS) is 13.5. The maximum absolute atomic E-state index is 13.3.